The molecular formula is C22H19BrN2O4S. The van der Waals surface area contributed by atoms with Crippen LogP contribution in [0.15, 0.2) is 64.5 Å². The number of nitrogens with one attached hydrogen (secondary N) is 2. The van der Waals surface area contributed by atoms with Gasteiger partial charge in [-0.1, -0.05) is 22.0 Å². The molecule has 3 aromatic rings. The van der Waals surface area contributed by atoms with Gasteiger partial charge in [0.15, 0.2) is 0 Å². The molecule has 2 amide bonds. The van der Waals surface area contributed by atoms with E-state index in [4.69, 9.17) is 9.47 Å². The van der Waals surface area contributed by atoms with E-state index >= 15 is 0 Å². The quantitative estimate of drug-likeness (QED) is 0.436. The molecule has 30 heavy (non-hydrogen) atoms. The molecule has 6 nitrogen and oxygen atoms in total. The topological polar surface area (TPSA) is 76.7 Å². The Kier molecular flexibility index (Phi) is 7.26. The first-order valence-corrected chi connectivity index (χ1v) is 10.5. The van der Waals surface area contributed by atoms with Crippen molar-refractivity contribution in [1.82, 2.24) is 0 Å². The van der Waals surface area contributed by atoms with Gasteiger partial charge in [0, 0.05) is 27.9 Å². The summed E-state index contributed by atoms with van der Waals surface area (Å²) in [6, 6.07) is 14.1. The first kappa shape index (κ1) is 21.6. The molecule has 0 saturated carbocycles. The number of hydrogen-bond donors (Lipinski definition) is 2. The van der Waals surface area contributed by atoms with E-state index in [9.17, 15) is 9.59 Å². The van der Waals surface area contributed by atoms with Crippen LogP contribution in [0.25, 0.3) is 6.08 Å². The van der Waals surface area contributed by atoms with E-state index in [1.54, 1.807) is 37.5 Å². The zero-order valence-corrected chi connectivity index (χ0v) is 18.7. The van der Waals surface area contributed by atoms with Gasteiger partial charge in [0.2, 0.25) is 5.91 Å². The Labute approximate surface area is 186 Å². The van der Waals surface area contributed by atoms with Crippen LogP contribution in [0.4, 0.5) is 11.4 Å². The Morgan fingerprint density at radius 1 is 1.00 bits per heavy atom. The fraction of sp³-hybridized carbons (Fsp3) is 0.0909. The third-order valence-electron chi connectivity index (χ3n) is 4.07. The van der Waals surface area contributed by atoms with E-state index in [2.05, 4.69) is 26.6 Å². The summed E-state index contributed by atoms with van der Waals surface area (Å²) in [5.41, 5.74) is 1.83. The Hall–Kier alpha value is -3.10. The van der Waals surface area contributed by atoms with Crippen LogP contribution >= 0.6 is 27.3 Å². The lowest BCUT2D eigenvalue weighted by molar-refractivity contribution is -0.111. The number of hydrogen-bond acceptors (Lipinski definition) is 5. The van der Waals surface area contributed by atoms with Crippen molar-refractivity contribution >= 4 is 56.5 Å². The highest BCUT2D eigenvalue weighted by Crippen LogP contribution is 2.29. The lowest BCUT2D eigenvalue weighted by Gasteiger charge is -2.12. The van der Waals surface area contributed by atoms with Crippen molar-refractivity contribution in [2.24, 2.45) is 0 Å². The van der Waals surface area contributed by atoms with Gasteiger partial charge in [-0.05, 0) is 47.9 Å². The molecule has 0 aliphatic heterocycles. The Balaban J connectivity index is 1.70. The lowest BCUT2D eigenvalue weighted by Crippen LogP contribution is -2.12. The number of benzene rings is 2. The largest absolute Gasteiger partial charge is 0.496 e. The third kappa shape index (κ3) is 5.49. The van der Waals surface area contributed by atoms with Crippen LogP contribution in [-0.2, 0) is 4.79 Å². The first-order chi connectivity index (χ1) is 14.5. The van der Waals surface area contributed by atoms with Gasteiger partial charge in [-0.3, -0.25) is 9.59 Å². The van der Waals surface area contributed by atoms with Gasteiger partial charge >= 0.3 is 0 Å². The summed E-state index contributed by atoms with van der Waals surface area (Å²) < 4.78 is 11.5. The molecule has 0 spiro atoms. The molecule has 0 unspecified atom stereocenters. The second kappa shape index (κ2) is 10.1. The fourth-order valence-electron chi connectivity index (χ4n) is 2.65. The summed E-state index contributed by atoms with van der Waals surface area (Å²) in [5.74, 6) is 0.575. The molecule has 8 heteroatoms. The van der Waals surface area contributed by atoms with Crippen LogP contribution in [-0.4, -0.2) is 26.0 Å². The summed E-state index contributed by atoms with van der Waals surface area (Å²) in [6.07, 6.45) is 3.09. The summed E-state index contributed by atoms with van der Waals surface area (Å²) >= 11 is 4.76. The predicted octanol–water partition coefficient (Wildman–Crippen LogP) is 5.43. The minimum atomic E-state index is -0.311. The smallest absolute Gasteiger partial charge is 0.265 e. The number of carbonyl (C=O) groups is 2. The van der Waals surface area contributed by atoms with E-state index in [1.807, 2.05) is 29.6 Å². The third-order valence-corrected chi connectivity index (χ3v) is 5.43. The summed E-state index contributed by atoms with van der Waals surface area (Å²) in [6.45, 7) is 0. The number of thiophene rings is 1. The number of anilines is 2. The van der Waals surface area contributed by atoms with E-state index in [0.29, 0.717) is 27.8 Å². The number of ether oxygens (including phenoxy) is 2. The van der Waals surface area contributed by atoms with Gasteiger partial charge in [0.05, 0.1) is 24.8 Å². The Morgan fingerprint density at radius 2 is 1.80 bits per heavy atom. The van der Waals surface area contributed by atoms with Gasteiger partial charge in [-0.25, -0.2) is 0 Å². The SMILES string of the molecule is COc1ccc(Br)cc1/C=C/C(=O)Nc1ccc(NC(=O)c2cccs2)c(OC)c1. The summed E-state index contributed by atoms with van der Waals surface area (Å²) in [5, 5.41) is 7.42. The van der Waals surface area contributed by atoms with Crippen molar-refractivity contribution in [2.45, 2.75) is 0 Å². The Morgan fingerprint density at radius 3 is 2.50 bits per heavy atom. The van der Waals surface area contributed by atoms with Crippen LogP contribution in [0, 0.1) is 0 Å². The van der Waals surface area contributed by atoms with Crippen molar-refractivity contribution in [1.29, 1.82) is 0 Å². The van der Waals surface area contributed by atoms with Crippen molar-refractivity contribution < 1.29 is 19.1 Å². The molecule has 154 valence electrons. The minimum absolute atomic E-state index is 0.217. The molecule has 0 saturated heterocycles. The van der Waals surface area contributed by atoms with E-state index in [0.717, 1.165) is 10.0 Å². The van der Waals surface area contributed by atoms with Crippen molar-refractivity contribution in [3.63, 3.8) is 0 Å². The van der Waals surface area contributed by atoms with Gasteiger partial charge < -0.3 is 20.1 Å². The molecule has 0 aliphatic carbocycles. The van der Waals surface area contributed by atoms with E-state index < -0.39 is 0 Å². The fourth-order valence-corrected chi connectivity index (χ4v) is 3.65. The van der Waals surface area contributed by atoms with Gasteiger partial charge in [0.25, 0.3) is 5.91 Å². The van der Waals surface area contributed by atoms with Crippen LogP contribution in [0.5, 0.6) is 11.5 Å². The van der Waals surface area contributed by atoms with Gasteiger partial charge in [-0.15, -0.1) is 11.3 Å². The second-order valence-electron chi connectivity index (χ2n) is 6.06. The average Bonchev–Trinajstić information content (AvgIpc) is 3.28. The molecule has 0 fully saturated rings. The van der Waals surface area contributed by atoms with Gasteiger partial charge in [0.1, 0.15) is 11.5 Å². The zero-order valence-electron chi connectivity index (χ0n) is 16.3. The van der Waals surface area contributed by atoms with E-state index in [-0.39, 0.29) is 11.8 Å². The number of carbonyl (C=O) groups excluding carboxylic acids is 2. The lowest BCUT2D eigenvalue weighted by atomic mass is 10.2. The highest BCUT2D eigenvalue weighted by Gasteiger charge is 2.12. The molecule has 1 heterocycles. The van der Waals surface area contributed by atoms with Crippen molar-refractivity contribution in [3.05, 3.63) is 74.9 Å². The first-order valence-electron chi connectivity index (χ1n) is 8.85. The summed E-state index contributed by atoms with van der Waals surface area (Å²) in [4.78, 5) is 25.2. The highest BCUT2D eigenvalue weighted by molar-refractivity contribution is 9.10. The predicted molar refractivity (Wildman–Crippen MR) is 124 cm³/mol. The maximum Gasteiger partial charge on any atom is 0.265 e. The molecule has 3 rings (SSSR count). The zero-order chi connectivity index (χ0) is 21.5. The minimum Gasteiger partial charge on any atom is -0.496 e. The van der Waals surface area contributed by atoms with Crippen molar-refractivity contribution in [3.8, 4) is 11.5 Å². The maximum atomic E-state index is 12.3. The Bertz CT molecular complexity index is 1080. The number of amides is 2. The van der Waals surface area contributed by atoms with Crippen LogP contribution in [0.2, 0.25) is 0 Å². The molecule has 0 atom stereocenters. The monoisotopic (exact) mass is 486 g/mol. The molecule has 0 aliphatic rings. The number of rotatable bonds is 7. The maximum absolute atomic E-state index is 12.3. The standard InChI is InChI=1S/C22H19BrN2O4S/c1-28-18-9-6-15(23)12-14(18)5-10-21(26)24-16-7-8-17(19(13-16)29-2)25-22(27)20-4-3-11-30-20/h3-13H,1-2H3,(H,24,26)(H,25,27)/b10-5+. The second-order valence-corrected chi connectivity index (χ2v) is 7.92. The van der Waals surface area contributed by atoms with Crippen LogP contribution in [0.1, 0.15) is 15.2 Å². The molecule has 0 radical (unpaired) electrons. The normalized spacial score (nSPS) is 10.6. The van der Waals surface area contributed by atoms with Crippen LogP contribution < -0.4 is 20.1 Å². The van der Waals surface area contributed by atoms with Crippen LogP contribution in [0.3, 0.4) is 0 Å². The average molecular weight is 487 g/mol. The van der Waals surface area contributed by atoms with Crippen molar-refractivity contribution in [2.75, 3.05) is 24.9 Å². The number of methoxy groups -OCH3 is 2. The van der Waals surface area contributed by atoms with E-state index in [1.165, 1.54) is 24.5 Å². The van der Waals surface area contributed by atoms with Gasteiger partial charge in [-0.2, -0.15) is 0 Å². The molecule has 0 bridgehead atoms. The highest BCUT2D eigenvalue weighted by atomic mass is 79.9. The molecule has 1 aromatic heterocycles. The molecule has 2 N–H and O–H groups in total. The molecule has 2 aromatic carbocycles. The molecular weight excluding hydrogens is 468 g/mol. The summed E-state index contributed by atoms with van der Waals surface area (Å²) in [7, 11) is 3.08. The number of halogens is 1.